The van der Waals surface area contributed by atoms with Crippen molar-refractivity contribution < 1.29 is 14.3 Å². The lowest BCUT2D eigenvalue weighted by Crippen LogP contribution is -2.36. The first-order valence-electron chi connectivity index (χ1n) is 12.2. The number of ether oxygens (including phenoxy) is 2. The van der Waals surface area contributed by atoms with Crippen LogP contribution in [0.15, 0.2) is 48.7 Å². The molecule has 6 rings (SSSR count). The van der Waals surface area contributed by atoms with Crippen molar-refractivity contribution in [1.82, 2.24) is 15.3 Å². The van der Waals surface area contributed by atoms with Crippen LogP contribution in [0.3, 0.4) is 0 Å². The molecule has 2 aromatic carbocycles. The SMILES string of the molecule is Cc1cc2ccc1-c1ccnc(n1)Nc1ccc(N3CCOCC3)c(c1)COCCCCNC2=O. The number of morpholine rings is 1. The summed E-state index contributed by atoms with van der Waals surface area (Å²) in [6, 6.07) is 13.9. The van der Waals surface area contributed by atoms with Crippen molar-refractivity contribution in [2.45, 2.75) is 26.4 Å². The van der Waals surface area contributed by atoms with E-state index < -0.39 is 0 Å². The van der Waals surface area contributed by atoms with Crippen molar-refractivity contribution in [2.75, 3.05) is 49.7 Å². The van der Waals surface area contributed by atoms with Gasteiger partial charge in [-0.2, -0.15) is 0 Å². The molecular formula is C27H31N5O3. The van der Waals surface area contributed by atoms with Gasteiger partial charge in [-0.25, -0.2) is 9.97 Å². The zero-order valence-electron chi connectivity index (χ0n) is 20.0. The number of carbonyl (C=O) groups is 1. The van der Waals surface area contributed by atoms with Crippen molar-refractivity contribution in [3.8, 4) is 11.3 Å². The summed E-state index contributed by atoms with van der Waals surface area (Å²) in [4.78, 5) is 24.1. The standard InChI is InChI=1S/C27H31N5O3/c1-19-16-20-4-6-23(19)24-8-10-29-27(31-24)30-22-5-7-25(32-11-14-34-15-12-32)21(17-22)18-35-13-3-2-9-28-26(20)33/h4-8,10,16-17H,2-3,9,11-15,18H2,1H3,(H,28,33)(H,29,30,31). The van der Waals surface area contributed by atoms with Gasteiger partial charge in [0.1, 0.15) is 0 Å². The fourth-order valence-corrected chi connectivity index (χ4v) is 4.50. The molecule has 182 valence electrons. The molecule has 1 aromatic heterocycles. The van der Waals surface area contributed by atoms with Gasteiger partial charge in [0, 0.05) is 60.5 Å². The molecule has 8 nitrogen and oxygen atoms in total. The number of hydrogen-bond acceptors (Lipinski definition) is 7. The fourth-order valence-electron chi connectivity index (χ4n) is 4.50. The van der Waals surface area contributed by atoms with Gasteiger partial charge in [0.15, 0.2) is 0 Å². The Hall–Kier alpha value is -3.49. The average Bonchev–Trinajstić information content (AvgIpc) is 2.88. The third kappa shape index (κ3) is 5.61. The van der Waals surface area contributed by atoms with Gasteiger partial charge in [0.05, 0.1) is 25.5 Å². The van der Waals surface area contributed by atoms with Crippen LogP contribution in [0.2, 0.25) is 0 Å². The summed E-state index contributed by atoms with van der Waals surface area (Å²) in [7, 11) is 0. The van der Waals surface area contributed by atoms with Gasteiger partial charge in [-0.3, -0.25) is 4.79 Å². The number of hydrogen-bond donors (Lipinski definition) is 2. The third-order valence-corrected chi connectivity index (χ3v) is 6.37. The summed E-state index contributed by atoms with van der Waals surface area (Å²) < 4.78 is 11.6. The van der Waals surface area contributed by atoms with E-state index in [-0.39, 0.29) is 5.91 Å². The van der Waals surface area contributed by atoms with Crippen molar-refractivity contribution in [3.05, 3.63) is 65.4 Å². The lowest BCUT2D eigenvalue weighted by Gasteiger charge is -2.31. The van der Waals surface area contributed by atoms with Gasteiger partial charge in [0.2, 0.25) is 5.95 Å². The molecule has 0 spiro atoms. The quantitative estimate of drug-likeness (QED) is 0.551. The minimum Gasteiger partial charge on any atom is -0.378 e. The highest BCUT2D eigenvalue weighted by atomic mass is 16.5. The number of benzene rings is 2. The lowest BCUT2D eigenvalue weighted by atomic mass is 10.0. The first kappa shape index (κ1) is 23.3. The molecule has 3 aromatic rings. The monoisotopic (exact) mass is 473 g/mol. The Morgan fingerprint density at radius 1 is 0.971 bits per heavy atom. The molecule has 35 heavy (non-hydrogen) atoms. The topological polar surface area (TPSA) is 88.6 Å². The van der Waals surface area contributed by atoms with E-state index in [1.54, 1.807) is 6.20 Å². The maximum absolute atomic E-state index is 12.6. The second kappa shape index (κ2) is 10.8. The van der Waals surface area contributed by atoms with E-state index in [4.69, 9.17) is 14.5 Å². The number of anilines is 3. The van der Waals surface area contributed by atoms with Gasteiger partial charge in [-0.1, -0.05) is 6.07 Å². The van der Waals surface area contributed by atoms with Crippen molar-refractivity contribution >= 4 is 23.2 Å². The second-order valence-electron chi connectivity index (χ2n) is 8.88. The molecule has 0 saturated carbocycles. The lowest BCUT2D eigenvalue weighted by molar-refractivity contribution is 0.0945. The van der Waals surface area contributed by atoms with E-state index in [0.717, 1.165) is 67.2 Å². The molecule has 3 aliphatic heterocycles. The molecule has 0 aliphatic carbocycles. The minimum atomic E-state index is -0.0605. The maximum Gasteiger partial charge on any atom is 0.251 e. The van der Waals surface area contributed by atoms with Crippen molar-refractivity contribution in [3.63, 3.8) is 0 Å². The summed E-state index contributed by atoms with van der Waals surface area (Å²) in [5.74, 6) is 0.460. The Bertz CT molecular complexity index is 1190. The second-order valence-corrected chi connectivity index (χ2v) is 8.88. The molecule has 1 fully saturated rings. The largest absolute Gasteiger partial charge is 0.378 e. The number of nitrogens with one attached hydrogen (secondary N) is 2. The molecule has 0 atom stereocenters. The van der Waals surface area contributed by atoms with E-state index in [1.165, 1.54) is 5.69 Å². The highest BCUT2D eigenvalue weighted by Crippen LogP contribution is 2.28. The highest BCUT2D eigenvalue weighted by Gasteiger charge is 2.16. The normalized spacial score (nSPS) is 17.1. The Morgan fingerprint density at radius 2 is 1.86 bits per heavy atom. The number of rotatable bonds is 1. The van der Waals surface area contributed by atoms with Crippen LogP contribution in [-0.2, 0) is 16.1 Å². The molecule has 0 radical (unpaired) electrons. The Morgan fingerprint density at radius 3 is 2.71 bits per heavy atom. The number of aryl methyl sites for hydroxylation is 1. The van der Waals surface area contributed by atoms with Crippen LogP contribution in [0.25, 0.3) is 11.3 Å². The van der Waals surface area contributed by atoms with Gasteiger partial charge in [-0.05, 0) is 61.7 Å². The Labute approximate surface area is 205 Å². The molecular weight excluding hydrogens is 442 g/mol. The van der Waals surface area contributed by atoms with Gasteiger partial charge in [-0.15, -0.1) is 0 Å². The van der Waals surface area contributed by atoms with Crippen LogP contribution in [0.5, 0.6) is 0 Å². The number of fused-ring (bicyclic) bond motifs is 9. The first-order valence-corrected chi connectivity index (χ1v) is 12.2. The van der Waals surface area contributed by atoms with Gasteiger partial charge >= 0.3 is 0 Å². The molecule has 6 bridgehead atoms. The van der Waals surface area contributed by atoms with Gasteiger partial charge in [0.25, 0.3) is 5.91 Å². The molecule has 4 heterocycles. The van der Waals surface area contributed by atoms with E-state index in [0.29, 0.717) is 31.3 Å². The van der Waals surface area contributed by atoms with Crippen LogP contribution in [0.4, 0.5) is 17.3 Å². The summed E-state index contributed by atoms with van der Waals surface area (Å²) in [5, 5.41) is 6.38. The summed E-state index contributed by atoms with van der Waals surface area (Å²) >= 11 is 0. The number of amides is 1. The first-order chi connectivity index (χ1) is 17.2. The molecule has 1 saturated heterocycles. The summed E-state index contributed by atoms with van der Waals surface area (Å²) in [5.41, 5.74) is 6.62. The van der Waals surface area contributed by atoms with Crippen LogP contribution in [-0.4, -0.2) is 55.3 Å². The van der Waals surface area contributed by atoms with Crippen LogP contribution in [0, 0.1) is 6.92 Å². The summed E-state index contributed by atoms with van der Waals surface area (Å²) in [6.45, 7) is 6.95. The maximum atomic E-state index is 12.6. The Balaban J connectivity index is 1.47. The zero-order valence-corrected chi connectivity index (χ0v) is 20.0. The van der Waals surface area contributed by atoms with Crippen molar-refractivity contribution in [1.29, 1.82) is 0 Å². The molecule has 1 amide bonds. The molecule has 2 N–H and O–H groups in total. The van der Waals surface area contributed by atoms with Crippen LogP contribution < -0.4 is 15.5 Å². The molecule has 0 unspecified atom stereocenters. The highest BCUT2D eigenvalue weighted by molar-refractivity contribution is 5.95. The Kier molecular flexibility index (Phi) is 7.20. The van der Waals surface area contributed by atoms with E-state index in [2.05, 4.69) is 38.7 Å². The molecule has 8 heteroatoms. The van der Waals surface area contributed by atoms with Gasteiger partial charge < -0.3 is 25.0 Å². The van der Waals surface area contributed by atoms with E-state index in [9.17, 15) is 4.79 Å². The third-order valence-electron chi connectivity index (χ3n) is 6.37. The van der Waals surface area contributed by atoms with E-state index >= 15 is 0 Å². The number of aromatic nitrogens is 2. The minimum absolute atomic E-state index is 0.0605. The van der Waals surface area contributed by atoms with Crippen LogP contribution in [0.1, 0.15) is 34.3 Å². The smallest absolute Gasteiger partial charge is 0.251 e. The predicted molar refractivity (Wildman–Crippen MR) is 136 cm³/mol. The average molecular weight is 474 g/mol. The zero-order chi connectivity index (χ0) is 24.0. The summed E-state index contributed by atoms with van der Waals surface area (Å²) in [6.07, 6.45) is 3.49. The molecule has 3 aliphatic rings. The fraction of sp³-hybridized carbons (Fsp3) is 0.370. The number of carbonyl (C=O) groups excluding carboxylic acids is 1. The van der Waals surface area contributed by atoms with E-state index in [1.807, 2.05) is 31.2 Å². The number of nitrogens with zero attached hydrogens (tertiary/aromatic N) is 3. The van der Waals surface area contributed by atoms with Crippen LogP contribution >= 0.6 is 0 Å². The van der Waals surface area contributed by atoms with Crippen molar-refractivity contribution in [2.24, 2.45) is 0 Å². The predicted octanol–water partition coefficient (Wildman–Crippen LogP) is 4.07.